The number of hydrogen-bond acceptors (Lipinski definition) is 6. The first-order valence-corrected chi connectivity index (χ1v) is 13.4. The number of hydrogen-bond donors (Lipinski definition) is 0. The van der Waals surface area contributed by atoms with Gasteiger partial charge in [-0.25, -0.2) is 0 Å². The molecule has 0 spiro atoms. The van der Waals surface area contributed by atoms with Crippen molar-refractivity contribution < 1.29 is 23.8 Å². The highest BCUT2D eigenvalue weighted by Gasteiger charge is 2.44. The number of ether oxygens (including phenoxy) is 3. The third kappa shape index (κ3) is 5.92. The van der Waals surface area contributed by atoms with Crippen LogP contribution in [0.5, 0.6) is 0 Å². The summed E-state index contributed by atoms with van der Waals surface area (Å²) in [7, 11) is 0. The van der Waals surface area contributed by atoms with E-state index >= 15 is 0 Å². The predicted octanol–water partition coefficient (Wildman–Crippen LogP) is 6.30. The van der Waals surface area contributed by atoms with Crippen molar-refractivity contribution in [2.75, 3.05) is 6.61 Å². The zero-order valence-corrected chi connectivity index (χ0v) is 22.0. The number of rotatable bonds is 6. The standard InChI is InChI=1S/C29H36O5S/c1-17-13-14-25(26-12-7-6-11-24(17)26)22-9-8-10-23(15-22)35-29-28(33-21(5)31)19(3)18(2)27(34-29)16-32-20(4)30/h6-12,15,17-19,25,27-29H,13-14,16H2,1-5H3/t17-,18+,19+,25?,27?,28?,29+/m1/s1. The molecule has 0 amide bonds. The van der Waals surface area contributed by atoms with Crippen LogP contribution in [0.4, 0.5) is 0 Å². The largest absolute Gasteiger partial charge is 0.463 e. The molecule has 0 bridgehead atoms. The van der Waals surface area contributed by atoms with Gasteiger partial charge in [-0.1, -0.05) is 68.9 Å². The number of benzene rings is 2. The Bertz CT molecular complexity index is 1050. The van der Waals surface area contributed by atoms with Crippen molar-refractivity contribution in [3.8, 4) is 0 Å². The van der Waals surface area contributed by atoms with Crippen molar-refractivity contribution in [3.63, 3.8) is 0 Å². The van der Waals surface area contributed by atoms with Gasteiger partial charge in [0, 0.05) is 30.6 Å². The summed E-state index contributed by atoms with van der Waals surface area (Å²) < 4.78 is 17.4. The van der Waals surface area contributed by atoms with Crippen LogP contribution in [0.3, 0.4) is 0 Å². The summed E-state index contributed by atoms with van der Waals surface area (Å²) in [5.41, 5.74) is 3.78. The second-order valence-electron chi connectivity index (χ2n) is 9.99. The minimum atomic E-state index is -0.389. The lowest BCUT2D eigenvalue weighted by Gasteiger charge is -2.43. The van der Waals surface area contributed by atoms with Crippen LogP contribution in [0.2, 0.25) is 0 Å². The molecule has 2 aliphatic rings. The van der Waals surface area contributed by atoms with Gasteiger partial charge in [-0.05, 0) is 53.5 Å². The predicted molar refractivity (Wildman–Crippen MR) is 137 cm³/mol. The van der Waals surface area contributed by atoms with Crippen LogP contribution in [-0.2, 0) is 23.8 Å². The molecule has 2 aromatic rings. The molecule has 1 aliphatic heterocycles. The fraction of sp³-hybridized carbons (Fsp3) is 0.517. The zero-order chi connectivity index (χ0) is 25.1. The molecule has 1 heterocycles. The third-order valence-corrected chi connectivity index (χ3v) is 8.71. The van der Waals surface area contributed by atoms with Crippen molar-refractivity contribution >= 4 is 23.7 Å². The van der Waals surface area contributed by atoms with Crippen LogP contribution in [-0.4, -0.2) is 36.2 Å². The quantitative estimate of drug-likeness (QED) is 0.438. The Kier molecular flexibility index (Phi) is 8.23. The Balaban J connectivity index is 1.58. The molecule has 4 rings (SSSR count). The summed E-state index contributed by atoms with van der Waals surface area (Å²) in [6.45, 7) is 9.48. The van der Waals surface area contributed by atoms with Gasteiger partial charge in [0.05, 0.1) is 6.10 Å². The third-order valence-electron chi connectivity index (χ3n) is 7.57. The van der Waals surface area contributed by atoms with E-state index < -0.39 is 0 Å². The van der Waals surface area contributed by atoms with E-state index in [0.717, 1.165) is 11.3 Å². The summed E-state index contributed by atoms with van der Waals surface area (Å²) in [5.74, 6) is 0.439. The van der Waals surface area contributed by atoms with Crippen LogP contribution >= 0.6 is 11.8 Å². The number of esters is 2. The van der Waals surface area contributed by atoms with Crippen LogP contribution in [0, 0.1) is 11.8 Å². The van der Waals surface area contributed by atoms with Gasteiger partial charge < -0.3 is 14.2 Å². The highest BCUT2D eigenvalue weighted by Crippen LogP contribution is 2.44. The van der Waals surface area contributed by atoms with Crippen LogP contribution in [0.15, 0.2) is 53.4 Å². The van der Waals surface area contributed by atoms with Gasteiger partial charge in [0.25, 0.3) is 0 Å². The molecule has 3 unspecified atom stereocenters. The first kappa shape index (κ1) is 25.8. The lowest BCUT2D eigenvalue weighted by Crippen LogP contribution is -2.51. The Labute approximate surface area is 212 Å². The van der Waals surface area contributed by atoms with Crippen molar-refractivity contribution in [3.05, 3.63) is 65.2 Å². The number of carbonyl (C=O) groups excluding carboxylic acids is 2. The molecule has 35 heavy (non-hydrogen) atoms. The monoisotopic (exact) mass is 496 g/mol. The molecule has 1 aliphatic carbocycles. The van der Waals surface area contributed by atoms with Gasteiger partial charge in [0.2, 0.25) is 0 Å². The van der Waals surface area contributed by atoms with E-state index in [4.69, 9.17) is 14.2 Å². The van der Waals surface area contributed by atoms with Gasteiger partial charge in [-0.3, -0.25) is 9.59 Å². The summed E-state index contributed by atoms with van der Waals surface area (Å²) in [6.07, 6.45) is 1.66. The van der Waals surface area contributed by atoms with E-state index in [-0.39, 0.29) is 48.0 Å². The first-order valence-electron chi connectivity index (χ1n) is 12.6. The summed E-state index contributed by atoms with van der Waals surface area (Å²) in [4.78, 5) is 24.4. The van der Waals surface area contributed by atoms with Crippen molar-refractivity contribution in [2.45, 2.75) is 81.8 Å². The van der Waals surface area contributed by atoms with Gasteiger partial charge in [-0.2, -0.15) is 0 Å². The van der Waals surface area contributed by atoms with Crippen LogP contribution in [0.1, 0.15) is 76.0 Å². The highest BCUT2D eigenvalue weighted by molar-refractivity contribution is 7.99. The molecule has 0 N–H and O–H groups in total. The summed E-state index contributed by atoms with van der Waals surface area (Å²) in [5, 5.41) is 0. The fourth-order valence-corrected chi connectivity index (χ4v) is 6.65. The molecule has 1 fully saturated rings. The maximum Gasteiger partial charge on any atom is 0.303 e. The summed E-state index contributed by atoms with van der Waals surface area (Å²) in [6, 6.07) is 17.4. The molecule has 188 valence electrons. The molecule has 2 aromatic carbocycles. The molecule has 0 aromatic heterocycles. The second-order valence-corrected chi connectivity index (χ2v) is 11.2. The van der Waals surface area contributed by atoms with E-state index in [1.54, 1.807) is 11.8 Å². The molecule has 6 heteroatoms. The first-order chi connectivity index (χ1) is 16.7. The number of fused-ring (bicyclic) bond motifs is 1. The molecule has 0 saturated carbocycles. The van der Waals surface area contributed by atoms with Crippen LogP contribution < -0.4 is 0 Å². The Morgan fingerprint density at radius 2 is 1.69 bits per heavy atom. The lowest BCUT2D eigenvalue weighted by atomic mass is 9.75. The molecule has 7 atom stereocenters. The van der Waals surface area contributed by atoms with Gasteiger partial charge >= 0.3 is 11.9 Å². The highest BCUT2D eigenvalue weighted by atomic mass is 32.2. The lowest BCUT2D eigenvalue weighted by molar-refractivity contribution is -0.184. The maximum atomic E-state index is 11.9. The number of thioether (sulfide) groups is 1. The maximum absolute atomic E-state index is 11.9. The van der Waals surface area contributed by atoms with Crippen molar-refractivity contribution in [2.24, 2.45) is 11.8 Å². The van der Waals surface area contributed by atoms with Crippen molar-refractivity contribution in [1.82, 2.24) is 0 Å². The van der Waals surface area contributed by atoms with E-state index in [2.05, 4.69) is 69.3 Å². The van der Waals surface area contributed by atoms with E-state index in [0.29, 0.717) is 11.8 Å². The topological polar surface area (TPSA) is 61.8 Å². The Hall–Kier alpha value is -2.31. The van der Waals surface area contributed by atoms with Gasteiger partial charge in [0.1, 0.15) is 18.1 Å². The van der Waals surface area contributed by atoms with Gasteiger partial charge in [-0.15, -0.1) is 0 Å². The normalized spacial score (nSPS) is 30.3. The minimum Gasteiger partial charge on any atom is -0.463 e. The van der Waals surface area contributed by atoms with Crippen molar-refractivity contribution in [1.29, 1.82) is 0 Å². The zero-order valence-electron chi connectivity index (χ0n) is 21.2. The smallest absolute Gasteiger partial charge is 0.303 e. The second kappa shape index (κ2) is 11.2. The molecule has 5 nitrogen and oxygen atoms in total. The Morgan fingerprint density at radius 3 is 2.40 bits per heavy atom. The van der Waals surface area contributed by atoms with Crippen LogP contribution in [0.25, 0.3) is 0 Å². The average molecular weight is 497 g/mol. The molecule has 0 radical (unpaired) electrons. The number of carbonyl (C=O) groups is 2. The molecular formula is C29H36O5S. The molecular weight excluding hydrogens is 460 g/mol. The summed E-state index contributed by atoms with van der Waals surface area (Å²) >= 11 is 1.58. The van der Waals surface area contributed by atoms with E-state index in [1.165, 1.54) is 37.0 Å². The van der Waals surface area contributed by atoms with Gasteiger partial charge in [0.15, 0.2) is 0 Å². The average Bonchev–Trinajstić information content (AvgIpc) is 2.83. The fourth-order valence-electron chi connectivity index (χ4n) is 5.39. The minimum absolute atomic E-state index is 0.0561. The SMILES string of the molecule is CC(=O)OCC1O[C@@H](Sc2cccc(C3CC[C@@H](C)c4ccccc43)c2)C(OC(C)=O)[C@@H](C)[C@@H]1C. The Morgan fingerprint density at radius 1 is 0.943 bits per heavy atom. The van der Waals surface area contributed by atoms with E-state index in [1.807, 2.05) is 0 Å². The molecule has 1 saturated heterocycles. The van der Waals surface area contributed by atoms with E-state index in [9.17, 15) is 9.59 Å².